The van der Waals surface area contributed by atoms with E-state index in [4.69, 9.17) is 4.99 Å². The van der Waals surface area contributed by atoms with E-state index in [0.29, 0.717) is 22.2 Å². The van der Waals surface area contributed by atoms with E-state index in [0.717, 1.165) is 17.8 Å². The van der Waals surface area contributed by atoms with Crippen LogP contribution < -0.4 is 0 Å². The Morgan fingerprint density at radius 1 is 0.941 bits per heavy atom. The molecule has 0 aliphatic carbocycles. The van der Waals surface area contributed by atoms with Gasteiger partial charge in [-0.3, -0.25) is 0 Å². The van der Waals surface area contributed by atoms with Gasteiger partial charge in [-0.25, -0.2) is 4.99 Å². The van der Waals surface area contributed by atoms with Gasteiger partial charge in [0.15, 0.2) is 5.88 Å². The number of fused-ring (bicyclic) bond motifs is 1. The number of hydrogen-bond donors (Lipinski definition) is 2. The van der Waals surface area contributed by atoms with Crippen LogP contribution in [0.25, 0.3) is 10.9 Å². The SMILES string of the molecule is CC.CN(C)Cc1ccc(N=C(c2ccccc2)c2c(O)[nH]c3ccc(N=S(=O)=O)cc23)cc1. The first kappa shape index (κ1) is 24.9. The number of H-pyrrole nitrogens is 1. The van der Waals surface area contributed by atoms with Crippen molar-refractivity contribution in [1.29, 1.82) is 0 Å². The molecule has 0 fully saturated rings. The molecule has 2 N–H and O–H groups in total. The third kappa shape index (κ3) is 5.98. The third-order valence-electron chi connectivity index (χ3n) is 4.90. The highest BCUT2D eigenvalue weighted by Gasteiger charge is 2.19. The van der Waals surface area contributed by atoms with Crippen LogP contribution in [0.1, 0.15) is 30.5 Å². The average Bonchev–Trinajstić information content (AvgIpc) is 3.14. The van der Waals surface area contributed by atoms with Gasteiger partial charge in [0.2, 0.25) is 0 Å². The third-order valence-corrected chi connectivity index (χ3v) is 5.26. The molecule has 0 bridgehead atoms. The van der Waals surface area contributed by atoms with Crippen molar-refractivity contribution < 1.29 is 13.5 Å². The molecule has 1 heterocycles. The number of nitrogens with zero attached hydrogens (tertiary/aromatic N) is 3. The van der Waals surface area contributed by atoms with Crippen molar-refractivity contribution in [3.63, 3.8) is 0 Å². The molecule has 0 saturated heterocycles. The quantitative estimate of drug-likeness (QED) is 0.342. The van der Waals surface area contributed by atoms with Crippen molar-refractivity contribution in [3.8, 4) is 5.88 Å². The van der Waals surface area contributed by atoms with E-state index in [9.17, 15) is 13.5 Å². The minimum atomic E-state index is -2.58. The molecule has 7 nitrogen and oxygen atoms in total. The zero-order valence-corrected chi connectivity index (χ0v) is 20.5. The Bertz CT molecular complexity index is 1410. The summed E-state index contributed by atoms with van der Waals surface area (Å²) in [5, 5.41) is 11.4. The van der Waals surface area contributed by atoms with Gasteiger partial charge in [-0.15, -0.1) is 4.36 Å². The highest BCUT2D eigenvalue weighted by atomic mass is 32.2. The maximum absolute atomic E-state index is 11.0. The van der Waals surface area contributed by atoms with E-state index < -0.39 is 10.5 Å². The Kier molecular flexibility index (Phi) is 8.34. The maximum atomic E-state index is 11.0. The van der Waals surface area contributed by atoms with Crippen molar-refractivity contribution >= 4 is 38.5 Å². The average molecular weight is 477 g/mol. The highest BCUT2D eigenvalue weighted by Crippen LogP contribution is 2.33. The predicted molar refractivity (Wildman–Crippen MR) is 138 cm³/mol. The molecule has 176 valence electrons. The zero-order valence-electron chi connectivity index (χ0n) is 19.6. The van der Waals surface area contributed by atoms with Crippen LogP contribution in [-0.4, -0.2) is 43.2 Å². The van der Waals surface area contributed by atoms with Crippen molar-refractivity contribution in [2.45, 2.75) is 20.4 Å². The number of hydrogen-bond acceptors (Lipinski definition) is 6. The first-order valence-corrected chi connectivity index (χ1v) is 12.0. The van der Waals surface area contributed by atoms with Gasteiger partial charge in [0.05, 0.1) is 22.6 Å². The minimum Gasteiger partial charge on any atom is -0.494 e. The van der Waals surface area contributed by atoms with Gasteiger partial charge in [-0.05, 0) is 50.0 Å². The van der Waals surface area contributed by atoms with Gasteiger partial charge in [0, 0.05) is 23.0 Å². The van der Waals surface area contributed by atoms with Crippen molar-refractivity contribution in [1.82, 2.24) is 9.88 Å². The Balaban J connectivity index is 0.00000158. The summed E-state index contributed by atoms with van der Waals surface area (Å²) in [7, 11) is 1.46. The van der Waals surface area contributed by atoms with Gasteiger partial charge in [0.25, 0.3) is 0 Å². The van der Waals surface area contributed by atoms with Crippen molar-refractivity contribution in [3.05, 3.63) is 89.5 Å². The van der Waals surface area contributed by atoms with Crippen LogP contribution in [-0.2, 0) is 17.0 Å². The lowest BCUT2D eigenvalue weighted by Gasteiger charge is -2.10. The van der Waals surface area contributed by atoms with Gasteiger partial charge in [0.1, 0.15) is 0 Å². The fourth-order valence-electron chi connectivity index (χ4n) is 3.58. The van der Waals surface area contributed by atoms with Gasteiger partial charge in [-0.2, -0.15) is 8.42 Å². The normalized spacial score (nSPS) is 11.3. The highest BCUT2D eigenvalue weighted by molar-refractivity contribution is 7.61. The zero-order chi connectivity index (χ0) is 24.7. The van der Waals surface area contributed by atoms with E-state index in [-0.39, 0.29) is 11.6 Å². The fourth-order valence-corrected chi connectivity index (χ4v) is 3.86. The lowest BCUT2D eigenvalue weighted by atomic mass is 10.0. The van der Waals surface area contributed by atoms with E-state index in [1.54, 1.807) is 18.2 Å². The molecule has 4 rings (SSSR count). The maximum Gasteiger partial charge on any atom is 0.316 e. The Labute approximate surface area is 201 Å². The summed E-state index contributed by atoms with van der Waals surface area (Å²) in [4.78, 5) is 9.90. The molecule has 0 saturated carbocycles. The van der Waals surface area contributed by atoms with Crippen LogP contribution in [0.2, 0.25) is 0 Å². The van der Waals surface area contributed by atoms with Crippen LogP contribution in [0.4, 0.5) is 11.4 Å². The molecule has 0 atom stereocenters. The summed E-state index contributed by atoms with van der Waals surface area (Å²) < 4.78 is 25.7. The second kappa shape index (κ2) is 11.4. The topological polar surface area (TPSA) is 98.1 Å². The number of benzene rings is 3. The minimum absolute atomic E-state index is 0.0489. The first-order chi connectivity index (χ1) is 16.4. The number of aromatic hydroxyl groups is 1. The van der Waals surface area contributed by atoms with Crippen LogP contribution >= 0.6 is 0 Å². The molecule has 0 unspecified atom stereocenters. The number of aromatic nitrogens is 1. The molecule has 0 aliphatic rings. The van der Waals surface area contributed by atoms with Gasteiger partial charge < -0.3 is 15.0 Å². The fraction of sp³-hybridized carbons (Fsp3) is 0.192. The van der Waals surface area contributed by atoms with Gasteiger partial charge >= 0.3 is 10.5 Å². The second-order valence-corrected chi connectivity index (χ2v) is 8.23. The van der Waals surface area contributed by atoms with Crippen molar-refractivity contribution in [2.24, 2.45) is 9.36 Å². The first-order valence-electron chi connectivity index (χ1n) is 10.9. The lowest BCUT2D eigenvalue weighted by Crippen LogP contribution is -2.10. The molecule has 34 heavy (non-hydrogen) atoms. The van der Waals surface area contributed by atoms with E-state index in [2.05, 4.69) is 14.2 Å². The predicted octanol–water partition coefficient (Wildman–Crippen LogP) is 5.82. The summed E-state index contributed by atoms with van der Waals surface area (Å²) in [5.74, 6) is -0.0489. The lowest BCUT2D eigenvalue weighted by molar-refractivity contribution is 0.402. The molecular formula is C26H28N4O3S. The molecule has 3 aromatic carbocycles. The van der Waals surface area contributed by atoms with Crippen molar-refractivity contribution in [2.75, 3.05) is 14.1 Å². The van der Waals surface area contributed by atoms with E-state index in [1.165, 1.54) is 5.56 Å². The van der Waals surface area contributed by atoms with Crippen LogP contribution in [0, 0.1) is 0 Å². The molecule has 1 aromatic heterocycles. The summed E-state index contributed by atoms with van der Waals surface area (Å²) in [5.41, 5.74) is 4.69. The summed E-state index contributed by atoms with van der Waals surface area (Å²) in [6, 6.07) is 22.3. The molecule has 0 spiro atoms. The van der Waals surface area contributed by atoms with Crippen LogP contribution in [0.5, 0.6) is 5.88 Å². The van der Waals surface area contributed by atoms with E-state index >= 15 is 0 Å². The standard InChI is InChI=1S/C24H22N4O3S.C2H6/c1-28(2)15-16-8-10-18(11-9-16)25-23(17-6-4-3-5-7-17)22-20-14-19(27-32(30)31)12-13-21(20)26-24(22)29;1-2/h3-14,26,29H,15H2,1-2H3;1-2H3. The number of nitrogens with one attached hydrogen (secondary N) is 1. The molecular weight excluding hydrogens is 448 g/mol. The smallest absolute Gasteiger partial charge is 0.316 e. The number of aliphatic imine (C=N–C) groups is 1. The van der Waals surface area contributed by atoms with Gasteiger partial charge in [-0.1, -0.05) is 56.3 Å². The Morgan fingerprint density at radius 3 is 2.21 bits per heavy atom. The molecule has 0 amide bonds. The summed E-state index contributed by atoms with van der Waals surface area (Å²) in [6.45, 7) is 4.83. The second-order valence-electron chi connectivity index (χ2n) is 7.62. The largest absolute Gasteiger partial charge is 0.494 e. The molecule has 8 heteroatoms. The Hall–Kier alpha value is -3.75. The summed E-state index contributed by atoms with van der Waals surface area (Å²) in [6.07, 6.45) is 0. The molecule has 0 aliphatic heterocycles. The number of rotatable bonds is 6. The molecule has 0 radical (unpaired) electrons. The number of aromatic amines is 1. The van der Waals surface area contributed by atoms with Crippen LogP contribution in [0.3, 0.4) is 0 Å². The van der Waals surface area contributed by atoms with E-state index in [1.807, 2.05) is 82.5 Å². The van der Waals surface area contributed by atoms with Crippen LogP contribution in [0.15, 0.2) is 82.2 Å². The Morgan fingerprint density at radius 2 is 1.59 bits per heavy atom. The monoisotopic (exact) mass is 476 g/mol. The molecule has 4 aromatic rings. The summed E-state index contributed by atoms with van der Waals surface area (Å²) >= 11 is 0.